The molecule has 0 unspecified atom stereocenters. The van der Waals surface area contributed by atoms with Crippen LogP contribution in [0.5, 0.6) is 5.75 Å². The quantitative estimate of drug-likeness (QED) is 0.591. The van der Waals surface area contributed by atoms with Gasteiger partial charge >= 0.3 is 0 Å². The summed E-state index contributed by atoms with van der Waals surface area (Å²) in [5, 5.41) is 6.55. The number of carbonyl (C=O) groups excluding carboxylic acids is 2. The van der Waals surface area contributed by atoms with Crippen LogP contribution >= 0.6 is 0 Å². The summed E-state index contributed by atoms with van der Waals surface area (Å²) >= 11 is 0. The Hall–Kier alpha value is -3.22. The van der Waals surface area contributed by atoms with Crippen LogP contribution in [0.4, 0.5) is 10.1 Å². The first kappa shape index (κ1) is 19.1. The van der Waals surface area contributed by atoms with Crippen LogP contribution in [-0.2, 0) is 16.0 Å². The third-order valence-corrected chi connectivity index (χ3v) is 3.44. The molecule has 2 aromatic rings. The predicted octanol–water partition coefficient (Wildman–Crippen LogP) is 2.90. The van der Waals surface area contributed by atoms with E-state index in [1.54, 1.807) is 38.3 Å². The molecule has 0 aliphatic carbocycles. The van der Waals surface area contributed by atoms with Crippen LogP contribution in [0.3, 0.4) is 0 Å². The van der Waals surface area contributed by atoms with Crippen molar-refractivity contribution >= 4 is 23.2 Å². The van der Waals surface area contributed by atoms with Gasteiger partial charge in [-0.15, -0.1) is 0 Å². The molecule has 0 spiro atoms. The van der Waals surface area contributed by atoms with E-state index in [-0.39, 0.29) is 30.5 Å². The summed E-state index contributed by atoms with van der Waals surface area (Å²) in [7, 11) is 1.57. The van der Waals surface area contributed by atoms with Crippen molar-refractivity contribution in [3.8, 4) is 5.75 Å². The predicted molar refractivity (Wildman–Crippen MR) is 97.6 cm³/mol. The molecule has 7 heteroatoms. The minimum absolute atomic E-state index is 0.0141. The number of nitrogens with zero attached hydrogens (tertiary/aromatic N) is 1. The van der Waals surface area contributed by atoms with Gasteiger partial charge < -0.3 is 10.1 Å². The summed E-state index contributed by atoms with van der Waals surface area (Å²) < 4.78 is 17.9. The molecule has 0 radical (unpaired) electrons. The summed E-state index contributed by atoms with van der Waals surface area (Å²) in [6, 6.07) is 12.6. The molecule has 0 aromatic heterocycles. The van der Waals surface area contributed by atoms with E-state index in [1.165, 1.54) is 24.3 Å². The van der Waals surface area contributed by atoms with E-state index in [0.29, 0.717) is 11.4 Å². The Labute approximate surface area is 151 Å². The van der Waals surface area contributed by atoms with Crippen molar-refractivity contribution in [3.63, 3.8) is 0 Å². The summed E-state index contributed by atoms with van der Waals surface area (Å²) in [4.78, 5) is 23.8. The van der Waals surface area contributed by atoms with Crippen molar-refractivity contribution in [1.82, 2.24) is 5.43 Å². The minimum atomic E-state index is -0.375. The fraction of sp³-hybridized carbons (Fsp3) is 0.211. The fourth-order valence-corrected chi connectivity index (χ4v) is 2.14. The van der Waals surface area contributed by atoms with Crippen LogP contribution in [0.2, 0.25) is 0 Å². The van der Waals surface area contributed by atoms with Gasteiger partial charge in [-0.1, -0.05) is 12.1 Å². The van der Waals surface area contributed by atoms with Crippen LogP contribution in [-0.4, -0.2) is 24.6 Å². The summed E-state index contributed by atoms with van der Waals surface area (Å²) in [5.41, 5.74) is 4.19. The molecule has 0 heterocycles. The van der Waals surface area contributed by atoms with Crippen LogP contribution in [0, 0.1) is 5.82 Å². The first-order chi connectivity index (χ1) is 12.5. The molecule has 0 atom stereocenters. The zero-order valence-corrected chi connectivity index (χ0v) is 14.6. The second-order valence-corrected chi connectivity index (χ2v) is 5.64. The maximum Gasteiger partial charge on any atom is 0.244 e. The zero-order chi connectivity index (χ0) is 18.9. The summed E-state index contributed by atoms with van der Waals surface area (Å²) in [6.07, 6.45) is 0.183. The Balaban J connectivity index is 1.79. The number of amides is 2. The molecule has 0 aliphatic rings. The van der Waals surface area contributed by atoms with Crippen molar-refractivity contribution in [1.29, 1.82) is 0 Å². The Morgan fingerprint density at radius 3 is 2.31 bits per heavy atom. The average molecular weight is 357 g/mol. The SMILES string of the molecule is COc1ccc(CC(=O)N/N=C(/C)CC(=O)Nc2ccc(F)cc2)cc1. The Morgan fingerprint density at radius 1 is 1.04 bits per heavy atom. The third-order valence-electron chi connectivity index (χ3n) is 3.44. The number of anilines is 1. The summed E-state index contributed by atoms with van der Waals surface area (Å²) in [5.74, 6) is -0.244. The van der Waals surface area contributed by atoms with Crippen molar-refractivity contribution in [2.45, 2.75) is 19.8 Å². The molecular weight excluding hydrogens is 337 g/mol. The van der Waals surface area contributed by atoms with Crippen LogP contribution < -0.4 is 15.5 Å². The first-order valence-corrected chi connectivity index (χ1v) is 7.96. The summed E-state index contributed by atoms with van der Waals surface area (Å²) in [6.45, 7) is 1.64. The number of hydrazone groups is 1. The number of halogens is 1. The number of ether oxygens (including phenoxy) is 1. The molecule has 2 N–H and O–H groups in total. The molecule has 2 rings (SSSR count). The second kappa shape index (κ2) is 9.31. The van der Waals surface area contributed by atoms with Gasteiger partial charge in [0.2, 0.25) is 11.8 Å². The lowest BCUT2D eigenvalue weighted by Crippen LogP contribution is -2.22. The van der Waals surface area contributed by atoms with E-state index < -0.39 is 0 Å². The normalized spacial score (nSPS) is 11.0. The smallest absolute Gasteiger partial charge is 0.244 e. The highest BCUT2D eigenvalue weighted by Gasteiger charge is 2.07. The van der Waals surface area contributed by atoms with E-state index in [9.17, 15) is 14.0 Å². The highest BCUT2D eigenvalue weighted by molar-refractivity contribution is 6.05. The number of rotatable bonds is 7. The molecule has 0 aliphatic heterocycles. The average Bonchev–Trinajstić information content (AvgIpc) is 2.62. The topological polar surface area (TPSA) is 79.8 Å². The second-order valence-electron chi connectivity index (χ2n) is 5.64. The molecular formula is C19H20FN3O3. The first-order valence-electron chi connectivity index (χ1n) is 7.96. The van der Waals surface area contributed by atoms with Crippen LogP contribution in [0.1, 0.15) is 18.9 Å². The van der Waals surface area contributed by atoms with Gasteiger partial charge in [0.25, 0.3) is 0 Å². The van der Waals surface area contributed by atoms with Gasteiger partial charge in [0.15, 0.2) is 0 Å². The molecule has 136 valence electrons. The highest BCUT2D eigenvalue weighted by Crippen LogP contribution is 2.11. The van der Waals surface area contributed by atoms with Gasteiger partial charge in [0.1, 0.15) is 11.6 Å². The van der Waals surface area contributed by atoms with E-state index >= 15 is 0 Å². The fourth-order valence-electron chi connectivity index (χ4n) is 2.14. The van der Waals surface area contributed by atoms with Crippen LogP contribution in [0.25, 0.3) is 0 Å². The number of carbonyl (C=O) groups is 2. The molecule has 6 nitrogen and oxygen atoms in total. The molecule has 0 saturated carbocycles. The van der Waals surface area contributed by atoms with Crippen molar-refractivity contribution < 1.29 is 18.7 Å². The molecule has 26 heavy (non-hydrogen) atoms. The van der Waals surface area contributed by atoms with Crippen molar-refractivity contribution in [2.24, 2.45) is 5.10 Å². The maximum atomic E-state index is 12.8. The Morgan fingerprint density at radius 2 is 1.69 bits per heavy atom. The number of benzene rings is 2. The Kier molecular flexibility index (Phi) is 6.84. The number of methoxy groups -OCH3 is 1. The third kappa shape index (κ3) is 6.35. The molecule has 0 bridgehead atoms. The number of hydrogen-bond acceptors (Lipinski definition) is 4. The highest BCUT2D eigenvalue weighted by atomic mass is 19.1. The maximum absolute atomic E-state index is 12.8. The van der Waals surface area contributed by atoms with Gasteiger partial charge in [0.05, 0.1) is 20.0 Å². The van der Waals surface area contributed by atoms with E-state index in [2.05, 4.69) is 15.8 Å². The lowest BCUT2D eigenvalue weighted by Gasteiger charge is -2.06. The van der Waals surface area contributed by atoms with E-state index in [4.69, 9.17) is 4.74 Å². The van der Waals surface area contributed by atoms with Crippen LogP contribution in [0.15, 0.2) is 53.6 Å². The van der Waals surface area contributed by atoms with Crippen molar-refractivity contribution in [3.05, 3.63) is 59.9 Å². The van der Waals surface area contributed by atoms with Gasteiger partial charge in [-0.3, -0.25) is 9.59 Å². The monoisotopic (exact) mass is 357 g/mol. The van der Waals surface area contributed by atoms with E-state index in [0.717, 1.165) is 11.3 Å². The molecule has 0 fully saturated rings. The minimum Gasteiger partial charge on any atom is -0.497 e. The number of hydrogen-bond donors (Lipinski definition) is 2. The lowest BCUT2D eigenvalue weighted by atomic mass is 10.1. The lowest BCUT2D eigenvalue weighted by molar-refractivity contribution is -0.120. The standard InChI is InChI=1S/C19H20FN3O3/c1-13(11-18(24)21-16-7-5-15(20)6-8-16)22-23-19(25)12-14-3-9-17(26-2)10-4-14/h3-10H,11-12H2,1-2H3,(H,21,24)(H,23,25)/b22-13-. The Bertz CT molecular complexity index is 787. The van der Waals surface area contributed by atoms with Gasteiger partial charge in [0, 0.05) is 11.4 Å². The largest absolute Gasteiger partial charge is 0.497 e. The molecule has 2 amide bonds. The molecule has 2 aromatic carbocycles. The number of nitrogens with one attached hydrogen (secondary N) is 2. The van der Waals surface area contributed by atoms with Gasteiger partial charge in [-0.2, -0.15) is 5.10 Å². The molecule has 0 saturated heterocycles. The van der Waals surface area contributed by atoms with Gasteiger partial charge in [-0.25, -0.2) is 9.82 Å². The van der Waals surface area contributed by atoms with E-state index in [1.807, 2.05) is 0 Å². The van der Waals surface area contributed by atoms with Gasteiger partial charge in [-0.05, 0) is 48.9 Å². The van der Waals surface area contributed by atoms with Crippen molar-refractivity contribution in [2.75, 3.05) is 12.4 Å². The zero-order valence-electron chi connectivity index (χ0n) is 14.6.